The molecule has 6 rings (SSSR count). The number of para-hydroxylation sites is 1. The van der Waals surface area contributed by atoms with E-state index in [1.165, 1.54) is 0 Å². The maximum Gasteiger partial charge on any atom is 0.263 e. The van der Waals surface area contributed by atoms with Crippen LogP contribution in [0.4, 0.5) is 0 Å². The van der Waals surface area contributed by atoms with Crippen LogP contribution in [0, 0.1) is 0 Å². The average molecular weight is 571 g/mol. The summed E-state index contributed by atoms with van der Waals surface area (Å²) < 4.78 is 1.77. The number of carbonyl (C=O) groups excluding carboxylic acids is 1. The van der Waals surface area contributed by atoms with E-state index in [9.17, 15) is 9.59 Å². The van der Waals surface area contributed by atoms with E-state index in [1.807, 2.05) is 103 Å². The molecule has 3 heterocycles. The Labute approximate surface area is 253 Å². The van der Waals surface area contributed by atoms with Gasteiger partial charge in [-0.2, -0.15) is 0 Å². The van der Waals surface area contributed by atoms with Gasteiger partial charge in [-0.25, -0.2) is 0 Å². The summed E-state index contributed by atoms with van der Waals surface area (Å²) in [4.78, 5) is 35.8. The van der Waals surface area contributed by atoms with Gasteiger partial charge in [-0.1, -0.05) is 86.1 Å². The molecular weight excluding hydrogens is 532 g/mol. The van der Waals surface area contributed by atoms with Gasteiger partial charge in [0.15, 0.2) is 0 Å². The fraction of sp³-hybridized carbons (Fsp3) is 0.270. The summed E-state index contributed by atoms with van der Waals surface area (Å²) in [7, 11) is 0. The Bertz CT molecular complexity index is 1740. The van der Waals surface area contributed by atoms with Gasteiger partial charge in [0.2, 0.25) is 0 Å². The molecule has 2 atom stereocenters. The van der Waals surface area contributed by atoms with Crippen LogP contribution in [-0.4, -0.2) is 32.9 Å². The highest BCUT2D eigenvalue weighted by Crippen LogP contribution is 2.29. The molecule has 1 unspecified atom stereocenters. The van der Waals surface area contributed by atoms with Crippen LogP contribution < -0.4 is 10.9 Å². The van der Waals surface area contributed by atoms with Gasteiger partial charge in [-0.05, 0) is 61.7 Å². The first-order valence-electron chi connectivity index (χ1n) is 15.4. The SMILES string of the molecule is CCC(NC(=O)c1c(CN2CCCC[C@H]2Cc2ccccn2)n(-c2ccccc2)c(=O)c2ccccc12)c1ccccc1. The van der Waals surface area contributed by atoms with E-state index in [4.69, 9.17) is 0 Å². The number of pyridine rings is 2. The average Bonchev–Trinajstić information content (AvgIpc) is 3.06. The highest BCUT2D eigenvalue weighted by Gasteiger charge is 2.29. The van der Waals surface area contributed by atoms with Crippen molar-refractivity contribution in [1.29, 1.82) is 0 Å². The molecule has 6 nitrogen and oxygen atoms in total. The summed E-state index contributed by atoms with van der Waals surface area (Å²) in [5, 5.41) is 4.56. The summed E-state index contributed by atoms with van der Waals surface area (Å²) >= 11 is 0. The maximum absolute atomic E-state index is 14.5. The Hall–Kier alpha value is -4.55. The molecule has 1 amide bonds. The van der Waals surface area contributed by atoms with Crippen LogP contribution in [0.25, 0.3) is 16.5 Å². The smallest absolute Gasteiger partial charge is 0.263 e. The Morgan fingerprint density at radius 2 is 1.58 bits per heavy atom. The zero-order valence-corrected chi connectivity index (χ0v) is 24.7. The lowest BCUT2D eigenvalue weighted by molar-refractivity contribution is 0.0930. The van der Waals surface area contributed by atoms with Crippen molar-refractivity contribution in [1.82, 2.24) is 19.8 Å². The van der Waals surface area contributed by atoms with Gasteiger partial charge >= 0.3 is 0 Å². The van der Waals surface area contributed by atoms with Crippen molar-refractivity contribution in [2.45, 2.75) is 57.7 Å². The molecule has 43 heavy (non-hydrogen) atoms. The quantitative estimate of drug-likeness (QED) is 0.210. The predicted molar refractivity (Wildman–Crippen MR) is 172 cm³/mol. The van der Waals surface area contributed by atoms with Crippen molar-refractivity contribution >= 4 is 16.7 Å². The number of fused-ring (bicyclic) bond motifs is 1. The number of rotatable bonds is 9. The molecule has 1 aliphatic heterocycles. The van der Waals surface area contributed by atoms with Crippen molar-refractivity contribution < 1.29 is 4.79 Å². The van der Waals surface area contributed by atoms with Gasteiger partial charge in [-0.15, -0.1) is 0 Å². The van der Waals surface area contributed by atoms with Crippen molar-refractivity contribution in [3.63, 3.8) is 0 Å². The van der Waals surface area contributed by atoms with Gasteiger partial charge in [0.25, 0.3) is 11.5 Å². The topological polar surface area (TPSA) is 67.2 Å². The lowest BCUT2D eigenvalue weighted by Gasteiger charge is -2.36. The van der Waals surface area contributed by atoms with Gasteiger partial charge in [0.1, 0.15) is 0 Å². The number of hydrogen-bond donors (Lipinski definition) is 1. The standard InChI is InChI=1S/C37H38N4O2/c1-2-33(27-15-5-3-6-16-27)39-36(42)35-31-21-9-10-22-32(31)37(43)41(29-18-7-4-8-19-29)34(35)26-40-24-14-12-20-30(40)25-28-17-11-13-23-38-28/h3-11,13,15-19,21-23,30,33H,2,12,14,20,24-26H2,1H3,(H,39,42)/t30-,33?/m0/s1. The van der Waals surface area contributed by atoms with Crippen molar-refractivity contribution in [3.8, 4) is 5.69 Å². The van der Waals surface area contributed by atoms with E-state index < -0.39 is 0 Å². The molecule has 0 spiro atoms. The first kappa shape index (κ1) is 28.6. The van der Waals surface area contributed by atoms with Crippen LogP contribution >= 0.6 is 0 Å². The Balaban J connectivity index is 1.50. The maximum atomic E-state index is 14.5. The number of hydrogen-bond acceptors (Lipinski definition) is 4. The molecular formula is C37H38N4O2. The van der Waals surface area contributed by atoms with Crippen LogP contribution in [0.2, 0.25) is 0 Å². The van der Waals surface area contributed by atoms with E-state index in [-0.39, 0.29) is 23.6 Å². The monoisotopic (exact) mass is 570 g/mol. The molecule has 0 bridgehead atoms. The number of likely N-dealkylation sites (tertiary alicyclic amines) is 1. The minimum Gasteiger partial charge on any atom is -0.345 e. The van der Waals surface area contributed by atoms with Gasteiger partial charge in [-0.3, -0.25) is 24.0 Å². The number of aromatic nitrogens is 2. The number of amides is 1. The molecule has 0 aliphatic carbocycles. The highest BCUT2D eigenvalue weighted by molar-refractivity contribution is 6.08. The van der Waals surface area contributed by atoms with Crippen LogP contribution in [0.5, 0.6) is 0 Å². The zero-order valence-electron chi connectivity index (χ0n) is 24.7. The molecule has 1 N–H and O–H groups in total. The van der Waals surface area contributed by atoms with Crippen LogP contribution in [-0.2, 0) is 13.0 Å². The van der Waals surface area contributed by atoms with E-state index in [0.717, 1.165) is 61.3 Å². The molecule has 5 aromatic rings. The Morgan fingerprint density at radius 3 is 2.30 bits per heavy atom. The van der Waals surface area contributed by atoms with Crippen LogP contribution in [0.1, 0.15) is 66.0 Å². The fourth-order valence-corrected chi connectivity index (χ4v) is 6.44. The first-order chi connectivity index (χ1) is 21.1. The summed E-state index contributed by atoms with van der Waals surface area (Å²) in [6.07, 6.45) is 6.71. The normalized spacial score (nSPS) is 16.2. The Morgan fingerprint density at radius 1 is 0.884 bits per heavy atom. The molecule has 1 fully saturated rings. The third kappa shape index (κ3) is 6.15. The fourth-order valence-electron chi connectivity index (χ4n) is 6.44. The molecule has 0 saturated carbocycles. The largest absolute Gasteiger partial charge is 0.345 e. The second-order valence-corrected chi connectivity index (χ2v) is 11.3. The predicted octanol–water partition coefficient (Wildman–Crippen LogP) is 6.86. The minimum atomic E-state index is -0.162. The van der Waals surface area contributed by atoms with E-state index >= 15 is 0 Å². The van der Waals surface area contributed by atoms with E-state index in [2.05, 4.69) is 28.2 Å². The summed E-state index contributed by atoms with van der Waals surface area (Å²) in [6.45, 7) is 3.46. The number of piperidine rings is 1. The molecule has 218 valence electrons. The molecule has 1 aliphatic rings. The second-order valence-electron chi connectivity index (χ2n) is 11.3. The molecule has 2 aromatic heterocycles. The van der Waals surface area contributed by atoms with Crippen molar-refractivity contribution in [2.75, 3.05) is 6.54 Å². The van der Waals surface area contributed by atoms with E-state index in [0.29, 0.717) is 22.9 Å². The molecule has 0 radical (unpaired) electrons. The third-order valence-electron chi connectivity index (χ3n) is 8.62. The summed E-state index contributed by atoms with van der Waals surface area (Å²) in [5.74, 6) is -0.162. The van der Waals surface area contributed by atoms with Crippen molar-refractivity contribution in [2.24, 2.45) is 0 Å². The minimum absolute atomic E-state index is 0.110. The van der Waals surface area contributed by atoms with Gasteiger partial charge in [0.05, 0.1) is 17.3 Å². The van der Waals surface area contributed by atoms with Crippen LogP contribution in [0.3, 0.4) is 0 Å². The second kappa shape index (κ2) is 13.2. The molecule has 3 aromatic carbocycles. The number of nitrogens with one attached hydrogen (secondary N) is 1. The van der Waals surface area contributed by atoms with Gasteiger partial charge in [0, 0.05) is 47.4 Å². The van der Waals surface area contributed by atoms with Gasteiger partial charge < -0.3 is 5.32 Å². The summed E-state index contributed by atoms with van der Waals surface area (Å²) in [6, 6.07) is 33.5. The lowest BCUT2D eigenvalue weighted by Crippen LogP contribution is -2.43. The highest BCUT2D eigenvalue weighted by atomic mass is 16.2. The van der Waals surface area contributed by atoms with Crippen molar-refractivity contribution in [3.05, 3.63) is 142 Å². The Kier molecular flexibility index (Phi) is 8.75. The molecule has 1 saturated heterocycles. The number of benzene rings is 3. The van der Waals surface area contributed by atoms with E-state index in [1.54, 1.807) is 4.57 Å². The van der Waals surface area contributed by atoms with Crippen LogP contribution in [0.15, 0.2) is 114 Å². The number of carbonyl (C=O) groups is 1. The first-order valence-corrected chi connectivity index (χ1v) is 15.4. The third-order valence-corrected chi connectivity index (χ3v) is 8.62. The lowest BCUT2D eigenvalue weighted by atomic mass is 9.95. The zero-order chi connectivity index (χ0) is 29.6. The number of nitrogens with zero attached hydrogens (tertiary/aromatic N) is 3. The summed E-state index contributed by atoms with van der Waals surface area (Å²) in [5.41, 5.74) is 4.06. The molecule has 6 heteroatoms.